The van der Waals surface area contributed by atoms with Crippen LogP contribution in [0.4, 0.5) is 5.69 Å². The van der Waals surface area contributed by atoms with Gasteiger partial charge in [0.15, 0.2) is 5.16 Å². The zero-order chi connectivity index (χ0) is 22.0. The Morgan fingerprint density at radius 2 is 1.71 bits per heavy atom. The summed E-state index contributed by atoms with van der Waals surface area (Å²) >= 11 is 1.25. The number of anilines is 1. The Labute approximate surface area is 185 Å². The van der Waals surface area contributed by atoms with E-state index in [1.54, 1.807) is 10.6 Å². The number of nitrogens with zero attached hydrogens (tertiary/aromatic N) is 2. The standard InChI is InChI=1S/C25H23N3O2S/c1-16-11-13-19(14-12-16)28-24(30)20-8-4-5-9-22(20)27-25(28)31-15-23(29)26-21-10-6-7-17(2)18(21)3/h4-14H,15H2,1-3H3,(H,26,29). The van der Waals surface area contributed by atoms with Crippen LogP contribution in [0.2, 0.25) is 0 Å². The molecule has 0 spiro atoms. The zero-order valence-corrected chi connectivity index (χ0v) is 18.5. The number of amides is 1. The van der Waals surface area contributed by atoms with Crippen molar-refractivity contribution in [2.24, 2.45) is 0 Å². The van der Waals surface area contributed by atoms with E-state index in [-0.39, 0.29) is 17.2 Å². The van der Waals surface area contributed by atoms with Gasteiger partial charge in [-0.3, -0.25) is 14.2 Å². The number of thioether (sulfide) groups is 1. The summed E-state index contributed by atoms with van der Waals surface area (Å²) in [4.78, 5) is 30.6. The lowest BCUT2D eigenvalue weighted by molar-refractivity contribution is -0.113. The molecule has 31 heavy (non-hydrogen) atoms. The van der Waals surface area contributed by atoms with Crippen LogP contribution in [0.15, 0.2) is 76.7 Å². The van der Waals surface area contributed by atoms with Crippen LogP contribution in [0.1, 0.15) is 16.7 Å². The lowest BCUT2D eigenvalue weighted by Crippen LogP contribution is -2.23. The largest absolute Gasteiger partial charge is 0.325 e. The minimum Gasteiger partial charge on any atom is -0.325 e. The third-order valence-electron chi connectivity index (χ3n) is 5.25. The highest BCUT2D eigenvalue weighted by molar-refractivity contribution is 7.99. The molecule has 0 saturated carbocycles. The van der Waals surface area contributed by atoms with Crippen molar-refractivity contribution in [1.82, 2.24) is 9.55 Å². The number of rotatable bonds is 5. The van der Waals surface area contributed by atoms with Crippen LogP contribution in [-0.4, -0.2) is 21.2 Å². The van der Waals surface area contributed by atoms with E-state index in [0.717, 1.165) is 28.1 Å². The summed E-state index contributed by atoms with van der Waals surface area (Å²) in [7, 11) is 0. The number of aromatic nitrogens is 2. The third-order valence-corrected chi connectivity index (χ3v) is 6.19. The highest BCUT2D eigenvalue weighted by Gasteiger charge is 2.15. The lowest BCUT2D eigenvalue weighted by Gasteiger charge is -2.14. The molecule has 0 unspecified atom stereocenters. The first-order valence-corrected chi connectivity index (χ1v) is 11.0. The van der Waals surface area contributed by atoms with Crippen LogP contribution >= 0.6 is 11.8 Å². The van der Waals surface area contributed by atoms with Crippen LogP contribution in [-0.2, 0) is 4.79 Å². The van der Waals surface area contributed by atoms with Gasteiger partial charge in [-0.15, -0.1) is 0 Å². The van der Waals surface area contributed by atoms with E-state index < -0.39 is 0 Å². The molecule has 1 N–H and O–H groups in total. The SMILES string of the molecule is Cc1ccc(-n2c(SCC(=O)Nc3cccc(C)c3C)nc3ccccc3c2=O)cc1. The Hall–Kier alpha value is -3.38. The lowest BCUT2D eigenvalue weighted by atomic mass is 10.1. The fourth-order valence-corrected chi connectivity index (χ4v) is 4.15. The minimum atomic E-state index is -0.146. The first kappa shape index (κ1) is 20.9. The molecule has 4 aromatic rings. The van der Waals surface area contributed by atoms with Crippen molar-refractivity contribution in [3.63, 3.8) is 0 Å². The normalized spacial score (nSPS) is 10.9. The van der Waals surface area contributed by atoms with Gasteiger partial charge in [-0.2, -0.15) is 0 Å². The van der Waals surface area contributed by atoms with Crippen LogP contribution in [0.25, 0.3) is 16.6 Å². The molecule has 5 nitrogen and oxygen atoms in total. The van der Waals surface area contributed by atoms with Gasteiger partial charge in [-0.1, -0.05) is 53.7 Å². The maximum Gasteiger partial charge on any atom is 0.266 e. The van der Waals surface area contributed by atoms with Crippen molar-refractivity contribution in [2.45, 2.75) is 25.9 Å². The molecule has 4 rings (SSSR count). The van der Waals surface area contributed by atoms with Gasteiger partial charge >= 0.3 is 0 Å². The second-order valence-electron chi connectivity index (χ2n) is 7.47. The summed E-state index contributed by atoms with van der Waals surface area (Å²) in [6.45, 7) is 6.00. The Kier molecular flexibility index (Phi) is 5.91. The number of carbonyl (C=O) groups is 1. The molecule has 0 atom stereocenters. The van der Waals surface area contributed by atoms with E-state index in [1.165, 1.54) is 11.8 Å². The van der Waals surface area contributed by atoms with E-state index in [2.05, 4.69) is 5.32 Å². The van der Waals surface area contributed by atoms with Crippen LogP contribution in [0, 0.1) is 20.8 Å². The van der Waals surface area contributed by atoms with Crippen LogP contribution < -0.4 is 10.9 Å². The van der Waals surface area contributed by atoms with Crippen molar-refractivity contribution in [1.29, 1.82) is 0 Å². The fraction of sp³-hybridized carbons (Fsp3) is 0.160. The molecule has 1 amide bonds. The summed E-state index contributed by atoms with van der Waals surface area (Å²) < 4.78 is 1.58. The number of para-hydroxylation sites is 1. The molecule has 0 aliphatic carbocycles. The molecule has 156 valence electrons. The van der Waals surface area contributed by atoms with E-state index in [9.17, 15) is 9.59 Å². The van der Waals surface area contributed by atoms with Gasteiger partial charge in [0.25, 0.3) is 5.56 Å². The molecule has 0 radical (unpaired) electrons. The molecule has 1 aromatic heterocycles. The molecular formula is C25H23N3O2S. The first-order valence-electron chi connectivity index (χ1n) is 10.0. The van der Waals surface area contributed by atoms with Gasteiger partial charge < -0.3 is 5.32 Å². The molecule has 0 aliphatic rings. The summed E-state index contributed by atoms with van der Waals surface area (Å²) in [6.07, 6.45) is 0. The van der Waals surface area contributed by atoms with Gasteiger partial charge in [0.2, 0.25) is 5.91 Å². The summed E-state index contributed by atoms with van der Waals surface area (Å²) in [5.41, 5.74) is 5.27. The average molecular weight is 430 g/mol. The number of hydrogen-bond donors (Lipinski definition) is 1. The molecular weight excluding hydrogens is 406 g/mol. The number of fused-ring (bicyclic) bond motifs is 1. The van der Waals surface area contributed by atoms with Crippen molar-refractivity contribution >= 4 is 34.3 Å². The van der Waals surface area contributed by atoms with Crippen LogP contribution in [0.5, 0.6) is 0 Å². The maximum atomic E-state index is 13.3. The zero-order valence-electron chi connectivity index (χ0n) is 17.7. The third kappa shape index (κ3) is 4.39. The van der Waals surface area contributed by atoms with E-state index in [1.807, 2.05) is 81.4 Å². The minimum absolute atomic E-state index is 0.142. The van der Waals surface area contributed by atoms with Gasteiger partial charge in [0.05, 0.1) is 22.3 Å². The second kappa shape index (κ2) is 8.78. The summed E-state index contributed by atoms with van der Waals surface area (Å²) in [6, 6.07) is 20.8. The highest BCUT2D eigenvalue weighted by atomic mass is 32.2. The summed E-state index contributed by atoms with van der Waals surface area (Å²) in [5.74, 6) is 0.000810. The predicted molar refractivity (Wildman–Crippen MR) is 127 cm³/mol. The topological polar surface area (TPSA) is 64.0 Å². The van der Waals surface area contributed by atoms with Gasteiger partial charge in [0.1, 0.15) is 0 Å². The van der Waals surface area contributed by atoms with Crippen molar-refractivity contribution < 1.29 is 4.79 Å². The van der Waals surface area contributed by atoms with E-state index >= 15 is 0 Å². The molecule has 1 heterocycles. The molecule has 0 aliphatic heterocycles. The first-order chi connectivity index (χ1) is 14.9. The Balaban J connectivity index is 1.67. The second-order valence-corrected chi connectivity index (χ2v) is 8.41. The smallest absolute Gasteiger partial charge is 0.266 e. The molecule has 0 bridgehead atoms. The quantitative estimate of drug-likeness (QED) is 0.356. The number of carbonyl (C=O) groups excluding carboxylic acids is 1. The number of nitrogens with one attached hydrogen (secondary N) is 1. The van der Waals surface area contributed by atoms with E-state index in [0.29, 0.717) is 16.1 Å². The van der Waals surface area contributed by atoms with Gasteiger partial charge in [0, 0.05) is 5.69 Å². The molecule has 3 aromatic carbocycles. The van der Waals surface area contributed by atoms with Crippen molar-refractivity contribution in [3.05, 3.63) is 93.8 Å². The summed E-state index contributed by atoms with van der Waals surface area (Å²) in [5, 5.41) is 4.00. The number of aryl methyl sites for hydroxylation is 2. The van der Waals surface area contributed by atoms with Gasteiger partial charge in [-0.25, -0.2) is 4.98 Å². The van der Waals surface area contributed by atoms with Crippen LogP contribution in [0.3, 0.4) is 0 Å². The Morgan fingerprint density at radius 3 is 2.48 bits per heavy atom. The monoisotopic (exact) mass is 429 g/mol. The molecule has 0 fully saturated rings. The maximum absolute atomic E-state index is 13.3. The molecule has 0 saturated heterocycles. The number of hydrogen-bond acceptors (Lipinski definition) is 4. The highest BCUT2D eigenvalue weighted by Crippen LogP contribution is 2.23. The van der Waals surface area contributed by atoms with E-state index in [4.69, 9.17) is 4.98 Å². The molecule has 6 heteroatoms. The predicted octanol–water partition coefficient (Wildman–Crippen LogP) is 5.04. The van der Waals surface area contributed by atoms with Gasteiger partial charge in [-0.05, 0) is 62.2 Å². The Bertz CT molecular complexity index is 1330. The Morgan fingerprint density at radius 1 is 0.968 bits per heavy atom. The van der Waals surface area contributed by atoms with Crippen molar-refractivity contribution in [2.75, 3.05) is 11.1 Å². The number of benzene rings is 3. The van der Waals surface area contributed by atoms with Crippen molar-refractivity contribution in [3.8, 4) is 5.69 Å². The fourth-order valence-electron chi connectivity index (χ4n) is 3.33. The average Bonchev–Trinajstić information content (AvgIpc) is 2.76.